The van der Waals surface area contributed by atoms with Crippen molar-refractivity contribution in [3.63, 3.8) is 0 Å². The monoisotopic (exact) mass is 1130 g/mol. The van der Waals surface area contributed by atoms with Gasteiger partial charge in [-0.3, -0.25) is 43.3 Å². The minimum absolute atomic E-state index is 0.0832. The standard InChI is InChI=1S/C51H88N8O20/c1-4-5-6-7-8-9-10-11-12-13-14-17-35(60)57-34(18-21-42(67)79-59-40(65)19-20-41(59)66)49(74)55-23-16-15-22-52-36(61)28-56-39(64)31-58(29-37(62)53-24-26-75-50-47(72)45(70)43(68)32(2)77-50)30-38(63)54-25-27-76-51-48(73)46(71)44(69)33(3)78-51/h32-34,43-48,50-51,68-73H,4-31H2,1-3H3,(H,52,61)(H,53,62)(H,54,63)(H,55,74)(H,56,64)(H,57,60)/t32-,33-,34-,43+,44+,45+,46+,47-,48-,50+,51+/m0/s1. The van der Waals surface area contributed by atoms with E-state index in [9.17, 15) is 73.8 Å². The lowest BCUT2D eigenvalue weighted by Crippen LogP contribution is -2.57. The lowest BCUT2D eigenvalue weighted by Gasteiger charge is -2.38. The Bertz CT molecular complexity index is 1850. The number of amides is 8. The van der Waals surface area contributed by atoms with Crippen molar-refractivity contribution in [2.75, 3.05) is 65.6 Å². The molecule has 3 rings (SSSR count). The van der Waals surface area contributed by atoms with E-state index in [0.717, 1.165) is 25.7 Å². The Morgan fingerprint density at radius 3 is 1.48 bits per heavy atom. The number of carbonyl (C=O) groups is 9. The molecular formula is C51H88N8O20. The predicted molar refractivity (Wildman–Crippen MR) is 277 cm³/mol. The first-order valence-corrected chi connectivity index (χ1v) is 27.8. The molecule has 0 spiro atoms. The lowest BCUT2D eigenvalue weighted by molar-refractivity contribution is -0.292. The first kappa shape index (κ1) is 68.3. The van der Waals surface area contributed by atoms with Gasteiger partial charge in [0.1, 0.15) is 42.7 Å². The van der Waals surface area contributed by atoms with Gasteiger partial charge >= 0.3 is 5.97 Å². The van der Waals surface area contributed by atoms with Crippen LogP contribution in [0.2, 0.25) is 0 Å². The summed E-state index contributed by atoms with van der Waals surface area (Å²) < 4.78 is 21.6. The average molecular weight is 1130 g/mol. The molecule has 0 radical (unpaired) electrons. The Balaban J connectivity index is 1.43. The zero-order valence-electron chi connectivity index (χ0n) is 45.9. The maximum absolute atomic E-state index is 13.3. The van der Waals surface area contributed by atoms with Crippen molar-refractivity contribution in [3.8, 4) is 0 Å². The smallest absolute Gasteiger partial charge is 0.333 e. The maximum Gasteiger partial charge on any atom is 0.333 e. The summed E-state index contributed by atoms with van der Waals surface area (Å²) in [5.74, 6) is -5.77. The maximum atomic E-state index is 13.3. The molecular weight excluding hydrogens is 1040 g/mol. The molecule has 3 fully saturated rings. The normalized spacial score (nSPS) is 24.4. The third-order valence-electron chi connectivity index (χ3n) is 13.3. The molecule has 0 saturated carbocycles. The largest absolute Gasteiger partial charge is 0.388 e. The van der Waals surface area contributed by atoms with Crippen LogP contribution in [-0.2, 0) is 66.9 Å². The van der Waals surface area contributed by atoms with Crippen LogP contribution in [0.1, 0.15) is 136 Å². The molecule has 0 aliphatic carbocycles. The number of hydrogen-bond acceptors (Lipinski definition) is 21. The fourth-order valence-corrected chi connectivity index (χ4v) is 8.58. The van der Waals surface area contributed by atoms with Crippen molar-refractivity contribution in [1.82, 2.24) is 41.9 Å². The van der Waals surface area contributed by atoms with Crippen molar-refractivity contribution in [1.29, 1.82) is 0 Å². The number of aliphatic hydroxyl groups is 6. The van der Waals surface area contributed by atoms with E-state index < -0.39 is 141 Å². The minimum Gasteiger partial charge on any atom is -0.388 e. The van der Waals surface area contributed by atoms with Gasteiger partial charge in [0.25, 0.3) is 11.8 Å². The first-order valence-electron chi connectivity index (χ1n) is 27.8. The third-order valence-corrected chi connectivity index (χ3v) is 13.3. The molecule has 0 aromatic rings. The van der Waals surface area contributed by atoms with Gasteiger partial charge in [-0.25, -0.2) is 4.79 Å². The second kappa shape index (κ2) is 37.8. The summed E-state index contributed by atoms with van der Waals surface area (Å²) in [6.45, 7) is 2.78. The molecule has 0 aromatic heterocycles. The van der Waals surface area contributed by atoms with Gasteiger partial charge in [-0.1, -0.05) is 71.1 Å². The van der Waals surface area contributed by atoms with Crippen molar-refractivity contribution < 1.29 is 97.6 Å². The van der Waals surface area contributed by atoms with Crippen molar-refractivity contribution in [2.24, 2.45) is 0 Å². The van der Waals surface area contributed by atoms with Crippen LogP contribution in [-0.4, -0.2) is 227 Å². The van der Waals surface area contributed by atoms with Gasteiger partial charge in [0.2, 0.25) is 35.4 Å². The molecule has 28 nitrogen and oxygen atoms in total. The van der Waals surface area contributed by atoms with Crippen LogP contribution in [0.25, 0.3) is 0 Å². The van der Waals surface area contributed by atoms with Gasteiger partial charge in [0.15, 0.2) is 12.6 Å². The molecule has 452 valence electrons. The Hall–Kier alpha value is -5.01. The number of hydrogen-bond donors (Lipinski definition) is 12. The number of nitrogens with zero attached hydrogens (tertiary/aromatic N) is 2. The summed E-state index contributed by atoms with van der Waals surface area (Å²) >= 11 is 0. The second-order valence-electron chi connectivity index (χ2n) is 20.1. The molecule has 12 N–H and O–H groups in total. The van der Waals surface area contributed by atoms with E-state index in [1.165, 1.54) is 57.3 Å². The molecule has 0 unspecified atom stereocenters. The van der Waals surface area contributed by atoms with Gasteiger partial charge in [-0.15, -0.1) is 5.06 Å². The zero-order chi connectivity index (χ0) is 58.3. The SMILES string of the molecule is CCCCCCCCCCCCCC(=O)N[C@@H](CCC(=O)ON1C(=O)CCC1=O)C(=O)NCCCCNC(=O)CNC(=O)CN(CC(=O)NCCO[C@@H]1O[C@@H](C)[C@@H](O)[C@@H](O)[C@@H]1O)CC(=O)NCCO[C@@H]1O[C@@H](C)[C@@H](O)[C@@H](O)[C@@H]1O. The molecule has 0 bridgehead atoms. The van der Waals surface area contributed by atoms with Crippen molar-refractivity contribution in [3.05, 3.63) is 0 Å². The molecule has 3 heterocycles. The predicted octanol–water partition coefficient (Wildman–Crippen LogP) is -3.09. The minimum atomic E-state index is -1.56. The van der Waals surface area contributed by atoms with E-state index in [-0.39, 0.29) is 77.4 Å². The average Bonchev–Trinajstić information content (AvgIpc) is 3.73. The van der Waals surface area contributed by atoms with Crippen LogP contribution in [0.3, 0.4) is 0 Å². The van der Waals surface area contributed by atoms with Crippen LogP contribution in [0.5, 0.6) is 0 Å². The number of imide groups is 1. The molecule has 79 heavy (non-hydrogen) atoms. The van der Waals surface area contributed by atoms with Crippen LogP contribution in [0.4, 0.5) is 0 Å². The van der Waals surface area contributed by atoms with Gasteiger partial charge in [0, 0.05) is 45.4 Å². The third kappa shape index (κ3) is 26.4. The van der Waals surface area contributed by atoms with Gasteiger partial charge < -0.3 is 86.3 Å². The van der Waals surface area contributed by atoms with Crippen LogP contribution < -0.4 is 31.9 Å². The quantitative estimate of drug-likeness (QED) is 0.0214. The Morgan fingerprint density at radius 2 is 0.987 bits per heavy atom. The highest BCUT2D eigenvalue weighted by molar-refractivity contribution is 6.01. The highest BCUT2D eigenvalue weighted by Gasteiger charge is 2.43. The summed E-state index contributed by atoms with van der Waals surface area (Å²) in [4.78, 5) is 120. The number of carbonyl (C=O) groups excluding carboxylic acids is 9. The molecule has 0 aromatic carbocycles. The number of unbranched alkanes of at least 4 members (excludes halogenated alkanes) is 11. The number of rotatable bonds is 39. The number of nitrogens with one attached hydrogen (secondary N) is 6. The van der Waals surface area contributed by atoms with Crippen LogP contribution in [0, 0.1) is 0 Å². The Morgan fingerprint density at radius 1 is 0.544 bits per heavy atom. The summed E-state index contributed by atoms with van der Waals surface area (Å²) in [5.41, 5.74) is 0. The molecule has 11 atom stereocenters. The van der Waals surface area contributed by atoms with E-state index in [1.807, 2.05) is 0 Å². The van der Waals surface area contributed by atoms with E-state index in [4.69, 9.17) is 23.8 Å². The molecule has 28 heteroatoms. The van der Waals surface area contributed by atoms with Crippen molar-refractivity contribution in [2.45, 2.75) is 204 Å². The van der Waals surface area contributed by atoms with E-state index in [2.05, 4.69) is 38.8 Å². The van der Waals surface area contributed by atoms with E-state index >= 15 is 0 Å². The molecule has 3 aliphatic rings. The van der Waals surface area contributed by atoms with Crippen LogP contribution >= 0.6 is 0 Å². The summed E-state index contributed by atoms with van der Waals surface area (Å²) in [6, 6.07) is -1.12. The van der Waals surface area contributed by atoms with E-state index in [1.54, 1.807) is 0 Å². The zero-order valence-corrected chi connectivity index (χ0v) is 45.9. The van der Waals surface area contributed by atoms with Gasteiger partial charge in [0.05, 0.1) is 58.0 Å². The van der Waals surface area contributed by atoms with Crippen LogP contribution in [0.15, 0.2) is 0 Å². The second-order valence-corrected chi connectivity index (χ2v) is 20.1. The molecule has 8 amide bonds. The molecule has 3 saturated heterocycles. The molecule has 3 aliphatic heterocycles. The van der Waals surface area contributed by atoms with Crippen molar-refractivity contribution >= 4 is 53.2 Å². The summed E-state index contributed by atoms with van der Waals surface area (Å²) in [7, 11) is 0. The Kier molecular flexibility index (Phi) is 32.7. The Labute approximate surface area is 461 Å². The highest BCUT2D eigenvalue weighted by atomic mass is 16.7. The summed E-state index contributed by atoms with van der Waals surface area (Å²) in [6.07, 6.45) is -0.823. The summed E-state index contributed by atoms with van der Waals surface area (Å²) in [5, 5.41) is 76.2. The topological polar surface area (TPSA) is 400 Å². The van der Waals surface area contributed by atoms with E-state index in [0.29, 0.717) is 24.3 Å². The van der Waals surface area contributed by atoms with Gasteiger partial charge in [-0.2, -0.15) is 0 Å². The fraction of sp³-hybridized carbons (Fsp3) is 0.824. The fourth-order valence-electron chi connectivity index (χ4n) is 8.58. The highest BCUT2D eigenvalue weighted by Crippen LogP contribution is 2.23. The number of hydroxylamine groups is 2. The van der Waals surface area contributed by atoms with Gasteiger partial charge in [-0.05, 0) is 39.5 Å². The first-order chi connectivity index (χ1) is 37.7. The number of aliphatic hydroxyl groups excluding tert-OH is 6. The lowest BCUT2D eigenvalue weighted by atomic mass is 10.0. The number of ether oxygens (including phenoxy) is 4.